The first kappa shape index (κ1) is 22.9. The number of methoxy groups -OCH3 is 1. The maximum absolute atomic E-state index is 13.1. The molecule has 0 bridgehead atoms. The molecule has 2 aromatic heterocycles. The molecule has 0 spiro atoms. The number of aryl methyl sites for hydroxylation is 1. The molecule has 2 atom stereocenters. The van der Waals surface area contributed by atoms with E-state index in [0.29, 0.717) is 31.8 Å². The summed E-state index contributed by atoms with van der Waals surface area (Å²) in [5.41, 5.74) is 4.51. The van der Waals surface area contributed by atoms with Gasteiger partial charge in [0.15, 0.2) is 5.65 Å². The molecule has 3 heterocycles. The largest absolute Gasteiger partial charge is 0.453 e. The van der Waals surface area contributed by atoms with Gasteiger partial charge in [0.05, 0.1) is 24.4 Å². The highest BCUT2D eigenvalue weighted by Crippen LogP contribution is 2.43. The van der Waals surface area contributed by atoms with E-state index in [1.165, 1.54) is 7.11 Å². The summed E-state index contributed by atoms with van der Waals surface area (Å²) in [6, 6.07) is 1.93. The molecule has 0 aromatic carbocycles. The quantitative estimate of drug-likeness (QED) is 0.614. The van der Waals surface area contributed by atoms with Crippen LogP contribution in [0.15, 0.2) is 6.07 Å². The number of hydrogen-bond acceptors (Lipinski definition) is 4. The first-order chi connectivity index (χ1) is 15.1. The van der Waals surface area contributed by atoms with Gasteiger partial charge in [0.1, 0.15) is 0 Å². The average molecular weight is 453 g/mol. The van der Waals surface area contributed by atoms with Crippen LogP contribution in [0.2, 0.25) is 0 Å². The van der Waals surface area contributed by atoms with Crippen LogP contribution in [0.4, 0.5) is 18.0 Å². The normalized spacial score (nSPS) is 27.0. The summed E-state index contributed by atoms with van der Waals surface area (Å²) < 4.78 is 46.0. The smallest absolute Gasteiger partial charge is 0.409 e. The second kappa shape index (κ2) is 8.56. The molecular weight excluding hydrogens is 421 g/mol. The molecule has 1 saturated heterocycles. The highest BCUT2D eigenvalue weighted by atomic mass is 19.4. The Morgan fingerprint density at radius 1 is 1.16 bits per heavy atom. The number of hydrogen-bond donors (Lipinski definition) is 0. The number of alkyl halides is 3. The third kappa shape index (κ3) is 4.18. The summed E-state index contributed by atoms with van der Waals surface area (Å²) in [5.74, 6) is -0.782. The van der Waals surface area contributed by atoms with Crippen LogP contribution in [-0.2, 0) is 4.74 Å². The Balaban J connectivity index is 1.67. The first-order valence-corrected chi connectivity index (χ1v) is 11.4. The van der Waals surface area contributed by atoms with Crippen LogP contribution in [0, 0.1) is 25.7 Å². The zero-order valence-corrected chi connectivity index (χ0v) is 19.1. The lowest BCUT2D eigenvalue weighted by Crippen LogP contribution is -2.42. The first-order valence-electron chi connectivity index (χ1n) is 11.4. The predicted molar refractivity (Wildman–Crippen MR) is 114 cm³/mol. The minimum Gasteiger partial charge on any atom is -0.453 e. The predicted octanol–water partition coefficient (Wildman–Crippen LogP) is 5.37. The van der Waals surface area contributed by atoms with E-state index in [4.69, 9.17) is 14.8 Å². The Kier molecular flexibility index (Phi) is 6.11. The van der Waals surface area contributed by atoms with Gasteiger partial charge in [-0.1, -0.05) is 6.92 Å². The van der Waals surface area contributed by atoms with Crippen molar-refractivity contribution in [3.63, 3.8) is 0 Å². The van der Waals surface area contributed by atoms with Crippen molar-refractivity contribution in [2.24, 2.45) is 11.8 Å². The van der Waals surface area contributed by atoms with E-state index in [-0.39, 0.29) is 30.8 Å². The van der Waals surface area contributed by atoms with Crippen molar-refractivity contribution in [1.82, 2.24) is 19.5 Å². The van der Waals surface area contributed by atoms with Crippen molar-refractivity contribution >= 4 is 11.7 Å². The molecule has 32 heavy (non-hydrogen) atoms. The third-order valence-electron chi connectivity index (χ3n) is 7.50. The van der Waals surface area contributed by atoms with Crippen LogP contribution in [0.5, 0.6) is 0 Å². The van der Waals surface area contributed by atoms with Crippen LogP contribution in [0.25, 0.3) is 5.65 Å². The minimum absolute atomic E-state index is 0.0131. The Labute approximate surface area is 186 Å². The molecule has 2 fully saturated rings. The van der Waals surface area contributed by atoms with Crippen LogP contribution in [0.3, 0.4) is 0 Å². The van der Waals surface area contributed by atoms with Gasteiger partial charge in [0.25, 0.3) is 0 Å². The zero-order chi connectivity index (χ0) is 23.2. The lowest BCUT2D eigenvalue weighted by Gasteiger charge is -2.37. The number of halogens is 3. The summed E-state index contributed by atoms with van der Waals surface area (Å²) >= 11 is 0. The van der Waals surface area contributed by atoms with Gasteiger partial charge in [-0.3, -0.25) is 0 Å². The van der Waals surface area contributed by atoms with Gasteiger partial charge >= 0.3 is 12.3 Å². The number of aromatic nitrogens is 3. The van der Waals surface area contributed by atoms with Crippen LogP contribution >= 0.6 is 0 Å². The second-order valence-corrected chi connectivity index (χ2v) is 9.43. The maximum atomic E-state index is 13.1. The second-order valence-electron chi connectivity index (χ2n) is 9.43. The lowest BCUT2D eigenvalue weighted by atomic mass is 9.80. The molecule has 2 aliphatic rings. The Morgan fingerprint density at radius 2 is 1.84 bits per heavy atom. The molecule has 1 aliphatic carbocycles. The highest BCUT2D eigenvalue weighted by molar-refractivity contribution is 5.67. The molecular formula is C23H31F3N4O2. The number of likely N-dealkylation sites (tertiary alicyclic amines) is 1. The van der Waals surface area contributed by atoms with Gasteiger partial charge in [-0.05, 0) is 57.4 Å². The number of ether oxygens (including phenoxy) is 1. The average Bonchev–Trinajstić information content (AvgIpc) is 3.17. The van der Waals surface area contributed by atoms with Gasteiger partial charge in [-0.25, -0.2) is 14.3 Å². The molecule has 0 unspecified atom stereocenters. The molecule has 1 saturated carbocycles. The van der Waals surface area contributed by atoms with E-state index in [1.807, 2.05) is 24.4 Å². The fourth-order valence-electron chi connectivity index (χ4n) is 5.32. The fourth-order valence-corrected chi connectivity index (χ4v) is 5.32. The summed E-state index contributed by atoms with van der Waals surface area (Å²) in [7, 11) is 1.39. The Hall–Kier alpha value is -2.32. The van der Waals surface area contributed by atoms with Gasteiger partial charge < -0.3 is 9.64 Å². The van der Waals surface area contributed by atoms with Crippen molar-refractivity contribution in [2.75, 3.05) is 20.2 Å². The van der Waals surface area contributed by atoms with E-state index in [1.54, 1.807) is 4.90 Å². The van der Waals surface area contributed by atoms with E-state index >= 15 is 0 Å². The summed E-state index contributed by atoms with van der Waals surface area (Å²) in [4.78, 5) is 18.6. The van der Waals surface area contributed by atoms with E-state index < -0.39 is 12.1 Å². The van der Waals surface area contributed by atoms with Gasteiger partial charge in [0.2, 0.25) is 0 Å². The highest BCUT2D eigenvalue weighted by Gasteiger charge is 2.42. The van der Waals surface area contributed by atoms with Crippen molar-refractivity contribution < 1.29 is 22.7 Å². The van der Waals surface area contributed by atoms with Crippen molar-refractivity contribution in [3.8, 4) is 0 Å². The maximum Gasteiger partial charge on any atom is 0.409 e. The zero-order valence-electron chi connectivity index (χ0n) is 19.1. The molecule has 176 valence electrons. The molecule has 1 amide bonds. The molecule has 1 aliphatic heterocycles. The standard InChI is InChI=1S/C23H31F3N4O2/c1-13-9-10-29(22(31)32-4)12-18(13)21-14(2)15(3)27-20-11-19(28-30(20)21)16-5-7-17(8-6-16)23(24,25)26/h11,13,16-18H,5-10,12H2,1-4H3/t13-,16?,17?,18-/m1/s1. The van der Waals surface area contributed by atoms with E-state index in [2.05, 4.69) is 6.92 Å². The molecule has 4 rings (SSSR count). The number of rotatable bonds is 2. The molecule has 6 nitrogen and oxygen atoms in total. The topological polar surface area (TPSA) is 59.7 Å². The number of fused-ring (bicyclic) bond motifs is 1. The molecule has 9 heteroatoms. The Morgan fingerprint density at radius 3 is 2.47 bits per heavy atom. The molecule has 2 aromatic rings. The molecule has 0 N–H and O–H groups in total. The third-order valence-corrected chi connectivity index (χ3v) is 7.50. The van der Waals surface area contributed by atoms with Gasteiger partial charge in [-0.2, -0.15) is 18.3 Å². The van der Waals surface area contributed by atoms with Crippen LogP contribution < -0.4 is 0 Å². The van der Waals surface area contributed by atoms with Gasteiger partial charge in [0, 0.05) is 36.7 Å². The van der Waals surface area contributed by atoms with Gasteiger partial charge in [-0.15, -0.1) is 0 Å². The van der Waals surface area contributed by atoms with E-state index in [9.17, 15) is 18.0 Å². The Bertz CT molecular complexity index is 995. The number of piperidine rings is 1. The van der Waals surface area contributed by atoms with Crippen molar-refractivity contribution in [2.45, 2.75) is 70.9 Å². The van der Waals surface area contributed by atoms with Crippen molar-refractivity contribution in [3.05, 3.63) is 28.7 Å². The number of carbonyl (C=O) groups is 1. The van der Waals surface area contributed by atoms with Crippen LogP contribution in [0.1, 0.15) is 73.5 Å². The summed E-state index contributed by atoms with van der Waals surface area (Å²) in [6.45, 7) is 7.37. The monoisotopic (exact) mass is 452 g/mol. The SMILES string of the molecule is COC(=O)N1CC[C@@H](C)[C@H](c2c(C)c(C)nc3cc(C4CCC(C(F)(F)F)CC4)nn23)C1. The molecule has 0 radical (unpaired) electrons. The summed E-state index contributed by atoms with van der Waals surface area (Å²) in [5, 5.41) is 4.86. The number of nitrogens with zero attached hydrogens (tertiary/aromatic N) is 4. The number of carbonyl (C=O) groups excluding carboxylic acids is 1. The summed E-state index contributed by atoms with van der Waals surface area (Å²) in [6.07, 6.45) is -2.33. The fraction of sp³-hybridized carbons (Fsp3) is 0.696. The van der Waals surface area contributed by atoms with Crippen molar-refractivity contribution in [1.29, 1.82) is 0 Å². The number of amides is 1. The minimum atomic E-state index is -4.12. The lowest BCUT2D eigenvalue weighted by molar-refractivity contribution is -0.182. The van der Waals surface area contributed by atoms with E-state index in [0.717, 1.165) is 34.7 Å². The van der Waals surface area contributed by atoms with Crippen LogP contribution in [-0.4, -0.2) is 52.0 Å².